The Labute approximate surface area is 119 Å². The summed E-state index contributed by atoms with van der Waals surface area (Å²) < 4.78 is 0. The van der Waals surface area contributed by atoms with Gasteiger partial charge in [-0.05, 0) is 43.0 Å². The zero-order valence-electron chi connectivity index (χ0n) is 12.0. The smallest absolute Gasteiger partial charge is 0.251 e. The maximum Gasteiger partial charge on any atom is 0.251 e. The predicted octanol–water partition coefficient (Wildman–Crippen LogP) is 1.78. The van der Waals surface area contributed by atoms with Gasteiger partial charge >= 0.3 is 0 Å². The van der Waals surface area contributed by atoms with Crippen molar-refractivity contribution in [3.63, 3.8) is 0 Å². The van der Waals surface area contributed by atoms with Crippen LogP contribution in [0, 0.1) is 5.92 Å². The molecule has 0 fully saturated rings. The van der Waals surface area contributed by atoms with E-state index in [0.717, 1.165) is 12.8 Å². The van der Waals surface area contributed by atoms with Crippen molar-refractivity contribution in [2.24, 2.45) is 5.92 Å². The van der Waals surface area contributed by atoms with Gasteiger partial charge in [-0.3, -0.25) is 9.59 Å². The molecule has 0 saturated carbocycles. The Bertz CT molecular complexity index is 443. The molecule has 5 nitrogen and oxygen atoms in total. The molecule has 1 aromatic rings. The van der Waals surface area contributed by atoms with Crippen molar-refractivity contribution in [1.82, 2.24) is 5.32 Å². The zero-order chi connectivity index (χ0) is 15.0. The van der Waals surface area contributed by atoms with Crippen molar-refractivity contribution >= 4 is 17.5 Å². The molecule has 0 aliphatic carbocycles. The van der Waals surface area contributed by atoms with Crippen LogP contribution in [-0.2, 0) is 4.79 Å². The number of hydrogen-bond donors (Lipinski definition) is 3. The summed E-state index contributed by atoms with van der Waals surface area (Å²) in [6, 6.07) is 6.75. The van der Waals surface area contributed by atoms with Gasteiger partial charge in [0.05, 0.1) is 0 Å². The van der Waals surface area contributed by atoms with Crippen LogP contribution in [0.15, 0.2) is 24.3 Å². The van der Waals surface area contributed by atoms with E-state index in [1.54, 1.807) is 24.3 Å². The second-order valence-corrected chi connectivity index (χ2v) is 4.94. The monoisotopic (exact) mass is 278 g/mol. The highest BCUT2D eigenvalue weighted by Crippen LogP contribution is 2.09. The molecule has 1 unspecified atom stereocenters. The second kappa shape index (κ2) is 8.32. The van der Waals surface area contributed by atoms with Crippen LogP contribution < -0.4 is 10.6 Å². The van der Waals surface area contributed by atoms with Gasteiger partial charge < -0.3 is 15.7 Å². The van der Waals surface area contributed by atoms with Crippen LogP contribution in [-0.4, -0.2) is 30.1 Å². The number of anilines is 1. The molecule has 0 bridgehead atoms. The lowest BCUT2D eigenvalue weighted by molar-refractivity contribution is -0.114. The molecule has 0 aromatic heterocycles. The molecule has 1 rings (SSSR count). The predicted molar refractivity (Wildman–Crippen MR) is 78.6 cm³/mol. The quantitative estimate of drug-likeness (QED) is 0.665. The third-order valence-electron chi connectivity index (χ3n) is 2.94. The lowest BCUT2D eigenvalue weighted by Gasteiger charge is -2.09. The minimum absolute atomic E-state index is 0.129. The fourth-order valence-corrected chi connectivity index (χ4v) is 1.75. The lowest BCUT2D eigenvalue weighted by Crippen LogP contribution is -2.24. The van der Waals surface area contributed by atoms with Gasteiger partial charge in [0.25, 0.3) is 5.91 Å². The van der Waals surface area contributed by atoms with Gasteiger partial charge in [0, 0.05) is 31.3 Å². The number of nitrogens with one attached hydrogen (secondary N) is 2. The third-order valence-corrected chi connectivity index (χ3v) is 2.94. The summed E-state index contributed by atoms with van der Waals surface area (Å²) in [6.07, 6.45) is 1.73. The minimum Gasteiger partial charge on any atom is -0.396 e. The number of rotatable bonds is 7. The van der Waals surface area contributed by atoms with Crippen LogP contribution in [0.2, 0.25) is 0 Å². The van der Waals surface area contributed by atoms with Crippen LogP contribution in [0.4, 0.5) is 5.69 Å². The SMILES string of the molecule is CC(=O)Nc1ccc(C(=O)NCCCC(C)CO)cc1. The first kappa shape index (κ1) is 16.2. The highest BCUT2D eigenvalue weighted by atomic mass is 16.3. The molecule has 0 spiro atoms. The molecule has 20 heavy (non-hydrogen) atoms. The van der Waals surface area contributed by atoms with Crippen molar-refractivity contribution < 1.29 is 14.7 Å². The van der Waals surface area contributed by atoms with Crippen LogP contribution in [0.1, 0.15) is 37.0 Å². The zero-order valence-corrected chi connectivity index (χ0v) is 12.0. The van der Waals surface area contributed by atoms with E-state index in [4.69, 9.17) is 5.11 Å². The maximum atomic E-state index is 11.8. The Balaban J connectivity index is 2.38. The molecule has 0 aliphatic heterocycles. The number of benzene rings is 1. The van der Waals surface area contributed by atoms with Gasteiger partial charge in [-0.25, -0.2) is 0 Å². The molecule has 110 valence electrons. The van der Waals surface area contributed by atoms with Gasteiger partial charge in [0.2, 0.25) is 5.91 Å². The number of aliphatic hydroxyl groups excluding tert-OH is 1. The van der Waals surface area contributed by atoms with E-state index in [-0.39, 0.29) is 24.3 Å². The Morgan fingerprint density at radius 1 is 1.25 bits per heavy atom. The molecule has 0 heterocycles. The number of carbonyl (C=O) groups is 2. The molecule has 0 saturated heterocycles. The first-order valence-electron chi connectivity index (χ1n) is 6.79. The van der Waals surface area contributed by atoms with Crippen LogP contribution in [0.5, 0.6) is 0 Å². The van der Waals surface area contributed by atoms with E-state index in [9.17, 15) is 9.59 Å². The molecule has 1 atom stereocenters. The standard InChI is InChI=1S/C15H22N2O3/c1-11(10-18)4-3-9-16-15(20)13-5-7-14(8-6-13)17-12(2)19/h5-8,11,18H,3-4,9-10H2,1-2H3,(H,16,20)(H,17,19). The van der Waals surface area contributed by atoms with E-state index in [0.29, 0.717) is 17.8 Å². The Hall–Kier alpha value is -1.88. The van der Waals surface area contributed by atoms with Crippen molar-refractivity contribution in [3.05, 3.63) is 29.8 Å². The molecule has 3 N–H and O–H groups in total. The second-order valence-electron chi connectivity index (χ2n) is 4.94. The summed E-state index contributed by atoms with van der Waals surface area (Å²) in [4.78, 5) is 22.7. The van der Waals surface area contributed by atoms with Crippen LogP contribution in [0.3, 0.4) is 0 Å². The largest absolute Gasteiger partial charge is 0.396 e. The molecular formula is C15H22N2O3. The first-order valence-corrected chi connectivity index (χ1v) is 6.79. The number of amides is 2. The molecule has 1 aromatic carbocycles. The Morgan fingerprint density at radius 3 is 2.45 bits per heavy atom. The van der Waals surface area contributed by atoms with Gasteiger partial charge in [-0.1, -0.05) is 6.92 Å². The van der Waals surface area contributed by atoms with Crippen molar-refractivity contribution in [3.8, 4) is 0 Å². The van der Waals surface area contributed by atoms with Gasteiger partial charge in [0.15, 0.2) is 0 Å². The number of hydrogen-bond acceptors (Lipinski definition) is 3. The number of aliphatic hydroxyl groups is 1. The van der Waals surface area contributed by atoms with E-state index < -0.39 is 0 Å². The summed E-state index contributed by atoms with van der Waals surface area (Å²) in [6.45, 7) is 4.19. The maximum absolute atomic E-state index is 11.8. The Morgan fingerprint density at radius 2 is 1.90 bits per heavy atom. The average Bonchev–Trinajstić information content (AvgIpc) is 2.43. The fraction of sp³-hybridized carbons (Fsp3) is 0.467. The molecular weight excluding hydrogens is 256 g/mol. The van der Waals surface area contributed by atoms with Crippen molar-refractivity contribution in [1.29, 1.82) is 0 Å². The highest BCUT2D eigenvalue weighted by Gasteiger charge is 2.06. The van der Waals surface area contributed by atoms with Gasteiger partial charge in [-0.2, -0.15) is 0 Å². The third kappa shape index (κ3) is 5.84. The topological polar surface area (TPSA) is 78.4 Å². The summed E-state index contributed by atoms with van der Waals surface area (Å²) in [5.41, 5.74) is 1.24. The highest BCUT2D eigenvalue weighted by molar-refractivity contribution is 5.95. The molecule has 5 heteroatoms. The number of carbonyl (C=O) groups excluding carboxylic acids is 2. The van der Waals surface area contributed by atoms with E-state index in [1.807, 2.05) is 6.92 Å². The van der Waals surface area contributed by atoms with Crippen molar-refractivity contribution in [2.75, 3.05) is 18.5 Å². The molecule has 2 amide bonds. The summed E-state index contributed by atoms with van der Waals surface area (Å²) >= 11 is 0. The fourth-order valence-electron chi connectivity index (χ4n) is 1.75. The summed E-state index contributed by atoms with van der Waals surface area (Å²) in [7, 11) is 0. The Kier molecular flexibility index (Phi) is 6.73. The molecule has 0 aliphatic rings. The van der Waals surface area contributed by atoms with Crippen LogP contribution >= 0.6 is 0 Å². The van der Waals surface area contributed by atoms with Crippen molar-refractivity contribution in [2.45, 2.75) is 26.7 Å². The lowest BCUT2D eigenvalue weighted by atomic mass is 10.1. The van der Waals surface area contributed by atoms with E-state index in [2.05, 4.69) is 10.6 Å². The molecule has 0 radical (unpaired) electrons. The van der Waals surface area contributed by atoms with Gasteiger partial charge in [0.1, 0.15) is 0 Å². The van der Waals surface area contributed by atoms with Crippen LogP contribution in [0.25, 0.3) is 0 Å². The first-order chi connectivity index (χ1) is 9.52. The summed E-state index contributed by atoms with van der Waals surface area (Å²) in [5, 5.41) is 14.4. The summed E-state index contributed by atoms with van der Waals surface area (Å²) in [5.74, 6) is 0.0000666. The van der Waals surface area contributed by atoms with E-state index in [1.165, 1.54) is 6.92 Å². The van der Waals surface area contributed by atoms with E-state index >= 15 is 0 Å². The normalized spacial score (nSPS) is 11.8. The minimum atomic E-state index is -0.139. The van der Waals surface area contributed by atoms with Gasteiger partial charge in [-0.15, -0.1) is 0 Å². The average molecular weight is 278 g/mol.